The quantitative estimate of drug-likeness (QED) is 0.219. The number of ketones is 3. The van der Waals surface area contributed by atoms with E-state index >= 15 is 0 Å². The van der Waals surface area contributed by atoms with Gasteiger partial charge < -0.3 is 14.8 Å². The molecule has 8 nitrogen and oxygen atoms in total. The summed E-state index contributed by atoms with van der Waals surface area (Å²) in [5.41, 5.74) is 2.57. The normalized spacial score (nSPS) is 11.8. The monoisotopic (exact) mass is 524 g/mol. The van der Waals surface area contributed by atoms with Crippen molar-refractivity contribution in [2.24, 2.45) is 5.92 Å². The predicted octanol–water partition coefficient (Wildman–Crippen LogP) is 4.85. The molecule has 2 aromatic rings. The van der Waals surface area contributed by atoms with Crippen LogP contribution in [0, 0.1) is 5.92 Å². The second kappa shape index (κ2) is 16.6. The molecule has 0 spiro atoms. The zero-order valence-electron chi connectivity index (χ0n) is 23.0. The second-order valence-electron chi connectivity index (χ2n) is 9.52. The van der Waals surface area contributed by atoms with Gasteiger partial charge in [0.1, 0.15) is 11.6 Å². The summed E-state index contributed by atoms with van der Waals surface area (Å²) in [7, 11) is 0. The summed E-state index contributed by atoms with van der Waals surface area (Å²) in [6.07, 6.45) is 3.92. The highest BCUT2D eigenvalue weighted by Crippen LogP contribution is 2.18. The van der Waals surface area contributed by atoms with Crippen LogP contribution in [-0.2, 0) is 19.1 Å². The molecule has 1 unspecified atom stereocenters. The minimum absolute atomic E-state index is 0.0506. The van der Waals surface area contributed by atoms with Crippen molar-refractivity contribution >= 4 is 23.3 Å². The molecular formula is C30H40N2O6. The van der Waals surface area contributed by atoms with Crippen LogP contribution in [0.5, 0.6) is 0 Å². The fourth-order valence-corrected chi connectivity index (χ4v) is 3.63. The van der Waals surface area contributed by atoms with Gasteiger partial charge in [0.25, 0.3) is 5.91 Å². The number of rotatable bonds is 18. The lowest BCUT2D eigenvalue weighted by molar-refractivity contribution is -0.123. The Kier molecular flexibility index (Phi) is 13.5. The molecule has 0 aliphatic carbocycles. The number of nitrogens with zero attached hydrogens (tertiary/aromatic N) is 1. The van der Waals surface area contributed by atoms with Gasteiger partial charge in [-0.05, 0) is 18.6 Å². The SMILES string of the molecule is CCCC(=O)CCOCC(COCCC(=O)C(C)C)NC(=O)c1ccc(-c2ccc(C(=O)CC)cc2)nc1. The first-order valence-corrected chi connectivity index (χ1v) is 13.4. The van der Waals surface area contributed by atoms with Crippen LogP contribution in [0.2, 0.25) is 0 Å². The molecule has 1 N–H and O–H groups in total. The molecule has 1 atom stereocenters. The summed E-state index contributed by atoms with van der Waals surface area (Å²) in [5, 5.41) is 2.91. The number of pyridine rings is 1. The Bertz CT molecular complexity index is 1050. The van der Waals surface area contributed by atoms with Gasteiger partial charge in [0.2, 0.25) is 0 Å². The van der Waals surface area contributed by atoms with Gasteiger partial charge in [-0.25, -0.2) is 0 Å². The first kappa shape index (κ1) is 31.0. The van der Waals surface area contributed by atoms with E-state index < -0.39 is 6.04 Å². The largest absolute Gasteiger partial charge is 0.379 e. The third-order valence-electron chi connectivity index (χ3n) is 6.01. The summed E-state index contributed by atoms with van der Waals surface area (Å²) >= 11 is 0. The molecule has 0 aliphatic heterocycles. The Morgan fingerprint density at radius 1 is 0.842 bits per heavy atom. The maximum Gasteiger partial charge on any atom is 0.253 e. The average Bonchev–Trinajstić information content (AvgIpc) is 2.92. The smallest absolute Gasteiger partial charge is 0.253 e. The van der Waals surface area contributed by atoms with E-state index in [1.54, 1.807) is 24.3 Å². The van der Waals surface area contributed by atoms with Gasteiger partial charge in [0.05, 0.1) is 43.7 Å². The molecule has 1 amide bonds. The van der Waals surface area contributed by atoms with Gasteiger partial charge in [-0.15, -0.1) is 0 Å². The molecule has 0 aliphatic rings. The zero-order valence-corrected chi connectivity index (χ0v) is 23.0. The van der Waals surface area contributed by atoms with Crippen molar-refractivity contribution < 1.29 is 28.7 Å². The third-order valence-corrected chi connectivity index (χ3v) is 6.01. The maximum atomic E-state index is 12.9. The van der Waals surface area contributed by atoms with E-state index in [9.17, 15) is 19.2 Å². The Balaban J connectivity index is 1.97. The number of nitrogens with one attached hydrogen (secondary N) is 1. The highest BCUT2D eigenvalue weighted by atomic mass is 16.5. The third kappa shape index (κ3) is 10.6. The molecule has 0 saturated carbocycles. The fraction of sp³-hybridized carbons (Fsp3) is 0.500. The van der Waals surface area contributed by atoms with Crippen LogP contribution < -0.4 is 5.32 Å². The molecule has 0 saturated heterocycles. The Labute approximate surface area is 225 Å². The second-order valence-corrected chi connectivity index (χ2v) is 9.52. The first-order chi connectivity index (χ1) is 18.2. The van der Waals surface area contributed by atoms with E-state index in [2.05, 4.69) is 10.3 Å². The molecule has 2 rings (SSSR count). The maximum absolute atomic E-state index is 12.9. The van der Waals surface area contributed by atoms with Crippen molar-refractivity contribution in [3.05, 3.63) is 53.7 Å². The van der Waals surface area contributed by atoms with Gasteiger partial charge in [0.15, 0.2) is 5.78 Å². The van der Waals surface area contributed by atoms with E-state index in [-0.39, 0.29) is 55.6 Å². The van der Waals surface area contributed by atoms with Crippen LogP contribution in [0.15, 0.2) is 42.6 Å². The lowest BCUT2D eigenvalue weighted by atomic mass is 10.0. The minimum atomic E-state index is -0.457. The minimum Gasteiger partial charge on any atom is -0.379 e. The first-order valence-electron chi connectivity index (χ1n) is 13.4. The molecule has 0 radical (unpaired) electrons. The summed E-state index contributed by atoms with van der Waals surface area (Å²) in [6.45, 7) is 8.37. The van der Waals surface area contributed by atoms with Crippen molar-refractivity contribution in [3.8, 4) is 11.3 Å². The molecule has 1 heterocycles. The molecular weight excluding hydrogens is 484 g/mol. The topological polar surface area (TPSA) is 112 Å². The van der Waals surface area contributed by atoms with Crippen LogP contribution in [0.4, 0.5) is 0 Å². The van der Waals surface area contributed by atoms with Gasteiger partial charge in [-0.2, -0.15) is 0 Å². The van der Waals surface area contributed by atoms with Crippen molar-refractivity contribution in [1.82, 2.24) is 10.3 Å². The van der Waals surface area contributed by atoms with Crippen LogP contribution >= 0.6 is 0 Å². The van der Waals surface area contributed by atoms with Gasteiger partial charge in [-0.1, -0.05) is 52.0 Å². The zero-order chi connectivity index (χ0) is 27.9. The lowest BCUT2D eigenvalue weighted by Crippen LogP contribution is -2.42. The average molecular weight is 525 g/mol. The van der Waals surface area contributed by atoms with Crippen molar-refractivity contribution in [1.29, 1.82) is 0 Å². The fourth-order valence-electron chi connectivity index (χ4n) is 3.63. The van der Waals surface area contributed by atoms with Crippen LogP contribution in [-0.4, -0.2) is 60.7 Å². The molecule has 38 heavy (non-hydrogen) atoms. The number of carbonyl (C=O) groups excluding carboxylic acids is 4. The predicted molar refractivity (Wildman–Crippen MR) is 146 cm³/mol. The molecule has 1 aromatic heterocycles. The van der Waals surface area contributed by atoms with E-state index in [0.717, 1.165) is 12.0 Å². The summed E-state index contributed by atoms with van der Waals surface area (Å²) < 4.78 is 11.3. The number of Topliss-reactive ketones (excluding diaryl/α,β-unsaturated/α-hetero) is 3. The van der Waals surface area contributed by atoms with E-state index in [4.69, 9.17) is 9.47 Å². The molecule has 206 valence electrons. The van der Waals surface area contributed by atoms with Gasteiger partial charge >= 0.3 is 0 Å². The summed E-state index contributed by atoms with van der Waals surface area (Å²) in [5.74, 6) is -0.0303. The van der Waals surface area contributed by atoms with Crippen LogP contribution in [0.25, 0.3) is 11.3 Å². The number of carbonyl (C=O) groups is 4. The summed E-state index contributed by atoms with van der Waals surface area (Å²) in [4.78, 5) is 52.7. The standard InChI is InChI=1S/C30H40N2O6/c1-5-7-26(33)14-16-37-19-25(20-38-17-15-29(35)21(3)4)32-30(36)24-12-13-27(31-18-24)22-8-10-23(11-9-22)28(34)6-2/h8-13,18,21,25H,5-7,14-17,19-20H2,1-4H3,(H,32,36). The Morgan fingerprint density at radius 2 is 1.47 bits per heavy atom. The van der Waals surface area contributed by atoms with Gasteiger partial charge in [0, 0.05) is 48.9 Å². The van der Waals surface area contributed by atoms with E-state index in [0.29, 0.717) is 42.5 Å². The number of hydrogen-bond acceptors (Lipinski definition) is 7. The Morgan fingerprint density at radius 3 is 2.03 bits per heavy atom. The molecule has 1 aromatic carbocycles. The van der Waals surface area contributed by atoms with Crippen molar-refractivity contribution in [2.75, 3.05) is 26.4 Å². The molecule has 0 bridgehead atoms. The number of hydrogen-bond donors (Lipinski definition) is 1. The van der Waals surface area contributed by atoms with Crippen LogP contribution in [0.1, 0.15) is 80.5 Å². The summed E-state index contributed by atoms with van der Waals surface area (Å²) in [6, 6.07) is 10.2. The number of benzene rings is 1. The number of ether oxygens (including phenoxy) is 2. The van der Waals surface area contributed by atoms with E-state index in [1.165, 1.54) is 6.20 Å². The lowest BCUT2D eigenvalue weighted by Gasteiger charge is -2.19. The highest BCUT2D eigenvalue weighted by molar-refractivity contribution is 5.96. The van der Waals surface area contributed by atoms with E-state index in [1.807, 2.05) is 39.8 Å². The molecule has 0 fully saturated rings. The number of amides is 1. The van der Waals surface area contributed by atoms with Gasteiger partial charge in [-0.3, -0.25) is 24.2 Å². The van der Waals surface area contributed by atoms with Crippen molar-refractivity contribution in [3.63, 3.8) is 0 Å². The number of aromatic nitrogens is 1. The highest BCUT2D eigenvalue weighted by Gasteiger charge is 2.16. The van der Waals surface area contributed by atoms with Crippen molar-refractivity contribution in [2.45, 2.75) is 65.8 Å². The Hall–Kier alpha value is -3.23. The molecule has 8 heteroatoms. The van der Waals surface area contributed by atoms with Crippen LogP contribution in [0.3, 0.4) is 0 Å².